The molecule has 2 aliphatic rings. The second-order valence-corrected chi connectivity index (χ2v) is 10.5. The lowest BCUT2D eigenvalue weighted by atomic mass is 9.72. The Bertz CT molecular complexity index is 828. The molecule has 1 spiro atoms. The van der Waals surface area contributed by atoms with Gasteiger partial charge in [0.1, 0.15) is 5.75 Å². The number of benzene rings is 2. The van der Waals surface area contributed by atoms with Gasteiger partial charge in [-0.15, -0.1) is 0 Å². The van der Waals surface area contributed by atoms with Crippen LogP contribution in [0.15, 0.2) is 54.6 Å². The summed E-state index contributed by atoms with van der Waals surface area (Å²) in [6.07, 6.45) is 10.7. The maximum Gasteiger partial charge on any atom is 0.264 e. The monoisotopic (exact) mass is 437 g/mol. The number of carbonyl (C=O) groups is 1. The lowest BCUT2D eigenvalue weighted by molar-refractivity contribution is -0.120. The topological polar surface area (TPSA) is 29.5 Å². The van der Waals surface area contributed by atoms with E-state index < -0.39 is 0 Å². The molecule has 1 amide bonds. The van der Waals surface area contributed by atoms with Crippen LogP contribution in [-0.4, -0.2) is 30.1 Å². The van der Waals surface area contributed by atoms with E-state index in [9.17, 15) is 4.79 Å². The van der Waals surface area contributed by atoms with Gasteiger partial charge >= 0.3 is 0 Å². The van der Waals surface area contributed by atoms with Gasteiger partial charge in [-0.05, 0) is 61.6 Å². The van der Waals surface area contributed by atoms with E-state index in [1.807, 2.05) is 59.5 Å². The van der Waals surface area contributed by atoms with E-state index in [1.54, 1.807) is 0 Å². The van der Waals surface area contributed by atoms with Gasteiger partial charge in [-0.3, -0.25) is 4.79 Å². The number of thioether (sulfide) groups is 1. The minimum atomic E-state index is 0.0419. The Morgan fingerprint density at radius 2 is 1.65 bits per heavy atom. The molecule has 1 unspecified atom stereocenters. The first kappa shape index (κ1) is 22.3. The Labute approximate surface area is 191 Å². The molecule has 0 aromatic heterocycles. The summed E-state index contributed by atoms with van der Waals surface area (Å²) in [7, 11) is 0. The molecule has 1 atom stereocenters. The standard InChI is InChI=1S/C27H35NO2S/c1-22-12-14-24(15-13-22)30-21-26(29)28(23-10-6-5-7-11-23)20-25-27(18-19-31-25)16-8-3-2-4-9-17-27/h5-7,10-15,25H,2-4,8-9,16-21H2,1H3. The van der Waals surface area contributed by atoms with Crippen molar-refractivity contribution in [3.05, 3.63) is 60.2 Å². The molecule has 1 saturated carbocycles. The molecule has 1 aliphatic carbocycles. The van der Waals surface area contributed by atoms with E-state index in [4.69, 9.17) is 4.74 Å². The maximum atomic E-state index is 13.4. The molecule has 3 nitrogen and oxygen atoms in total. The third-order valence-corrected chi connectivity index (χ3v) is 8.54. The van der Waals surface area contributed by atoms with E-state index in [0.29, 0.717) is 10.7 Å². The minimum Gasteiger partial charge on any atom is -0.484 e. The van der Waals surface area contributed by atoms with Gasteiger partial charge in [0.15, 0.2) is 6.61 Å². The van der Waals surface area contributed by atoms with E-state index >= 15 is 0 Å². The zero-order valence-corrected chi connectivity index (χ0v) is 19.5. The first-order valence-corrected chi connectivity index (χ1v) is 12.9. The van der Waals surface area contributed by atoms with Gasteiger partial charge in [-0.25, -0.2) is 0 Å². The van der Waals surface area contributed by atoms with Crippen LogP contribution in [-0.2, 0) is 4.79 Å². The fourth-order valence-corrected chi connectivity index (χ4v) is 6.92. The van der Waals surface area contributed by atoms with Crippen molar-refractivity contribution in [1.82, 2.24) is 0 Å². The molecule has 4 heteroatoms. The molecule has 2 fully saturated rings. The van der Waals surface area contributed by atoms with Crippen LogP contribution >= 0.6 is 11.8 Å². The first-order chi connectivity index (χ1) is 15.2. The van der Waals surface area contributed by atoms with Gasteiger partial charge < -0.3 is 9.64 Å². The number of nitrogens with zero attached hydrogens (tertiary/aromatic N) is 1. The Hall–Kier alpha value is -1.94. The average Bonchev–Trinajstić information content (AvgIpc) is 3.17. The van der Waals surface area contributed by atoms with Crippen molar-refractivity contribution in [2.24, 2.45) is 5.41 Å². The smallest absolute Gasteiger partial charge is 0.264 e. The molecule has 0 bridgehead atoms. The highest BCUT2D eigenvalue weighted by Crippen LogP contribution is 2.51. The SMILES string of the molecule is Cc1ccc(OCC(=O)N(CC2SCCC23CCCCCCC3)c2ccccc2)cc1. The summed E-state index contributed by atoms with van der Waals surface area (Å²) in [6, 6.07) is 18.0. The van der Waals surface area contributed by atoms with Gasteiger partial charge in [-0.1, -0.05) is 68.0 Å². The number of ether oxygens (including phenoxy) is 1. The summed E-state index contributed by atoms with van der Waals surface area (Å²) in [5.41, 5.74) is 2.57. The zero-order chi connectivity index (χ0) is 21.5. The van der Waals surface area contributed by atoms with Crippen molar-refractivity contribution in [2.45, 2.75) is 63.5 Å². The largest absolute Gasteiger partial charge is 0.484 e. The number of aryl methyl sites for hydroxylation is 1. The highest BCUT2D eigenvalue weighted by molar-refractivity contribution is 8.00. The van der Waals surface area contributed by atoms with Crippen molar-refractivity contribution in [3.63, 3.8) is 0 Å². The van der Waals surface area contributed by atoms with Crippen LogP contribution in [0.3, 0.4) is 0 Å². The number of para-hydroxylation sites is 1. The molecule has 0 radical (unpaired) electrons. The molecular weight excluding hydrogens is 402 g/mol. The molecular formula is C27H35NO2S. The summed E-state index contributed by atoms with van der Waals surface area (Å²) in [5.74, 6) is 2.01. The molecule has 1 saturated heterocycles. The van der Waals surface area contributed by atoms with Crippen LogP contribution in [0, 0.1) is 12.3 Å². The highest BCUT2D eigenvalue weighted by Gasteiger charge is 2.44. The molecule has 31 heavy (non-hydrogen) atoms. The fraction of sp³-hybridized carbons (Fsp3) is 0.519. The van der Waals surface area contributed by atoms with Crippen LogP contribution < -0.4 is 9.64 Å². The maximum absolute atomic E-state index is 13.4. The third-order valence-electron chi connectivity index (χ3n) is 7.05. The highest BCUT2D eigenvalue weighted by atomic mass is 32.2. The normalized spacial score (nSPS) is 20.7. The van der Waals surface area contributed by atoms with E-state index in [0.717, 1.165) is 18.0 Å². The number of anilines is 1. The Kier molecular flexibility index (Phi) is 7.60. The summed E-state index contributed by atoms with van der Waals surface area (Å²) >= 11 is 2.09. The van der Waals surface area contributed by atoms with Gasteiger partial charge in [0, 0.05) is 17.5 Å². The van der Waals surface area contributed by atoms with E-state index in [2.05, 4.69) is 18.7 Å². The van der Waals surface area contributed by atoms with Gasteiger partial charge in [0.05, 0.1) is 0 Å². The minimum absolute atomic E-state index is 0.0419. The van der Waals surface area contributed by atoms with Crippen molar-refractivity contribution in [1.29, 1.82) is 0 Å². The number of carbonyl (C=O) groups excluding carboxylic acids is 1. The van der Waals surface area contributed by atoms with Crippen molar-refractivity contribution >= 4 is 23.4 Å². The van der Waals surface area contributed by atoms with Crippen LogP contribution in [0.2, 0.25) is 0 Å². The predicted octanol–water partition coefficient (Wildman–Crippen LogP) is 6.64. The fourth-order valence-electron chi connectivity index (χ4n) is 5.15. The Morgan fingerprint density at radius 3 is 2.35 bits per heavy atom. The molecule has 166 valence electrons. The molecule has 4 rings (SSSR count). The number of amides is 1. The molecule has 2 aromatic rings. The Balaban J connectivity index is 1.49. The van der Waals surface area contributed by atoms with Crippen LogP contribution in [0.5, 0.6) is 5.75 Å². The second-order valence-electron chi connectivity index (χ2n) is 9.18. The van der Waals surface area contributed by atoms with Crippen molar-refractivity contribution in [2.75, 3.05) is 23.8 Å². The zero-order valence-electron chi connectivity index (χ0n) is 18.7. The summed E-state index contributed by atoms with van der Waals surface area (Å²) in [5, 5.41) is 0.508. The van der Waals surface area contributed by atoms with E-state index in [1.165, 1.54) is 62.7 Å². The lowest BCUT2D eigenvalue weighted by Crippen LogP contribution is -2.44. The summed E-state index contributed by atoms with van der Waals surface area (Å²) in [4.78, 5) is 15.3. The molecule has 2 aromatic carbocycles. The number of hydrogen-bond acceptors (Lipinski definition) is 3. The summed E-state index contributed by atoms with van der Waals surface area (Å²) < 4.78 is 5.87. The molecule has 0 N–H and O–H groups in total. The number of hydrogen-bond donors (Lipinski definition) is 0. The van der Waals surface area contributed by atoms with Gasteiger partial charge in [0.25, 0.3) is 5.91 Å². The Morgan fingerprint density at radius 1 is 0.968 bits per heavy atom. The third kappa shape index (κ3) is 5.65. The van der Waals surface area contributed by atoms with Crippen LogP contribution in [0.1, 0.15) is 56.9 Å². The van der Waals surface area contributed by atoms with Crippen molar-refractivity contribution < 1.29 is 9.53 Å². The number of rotatable bonds is 6. The van der Waals surface area contributed by atoms with Gasteiger partial charge in [-0.2, -0.15) is 11.8 Å². The quantitative estimate of drug-likeness (QED) is 0.507. The molecule has 1 aliphatic heterocycles. The second kappa shape index (κ2) is 10.6. The van der Waals surface area contributed by atoms with Crippen LogP contribution in [0.4, 0.5) is 5.69 Å². The molecule has 1 heterocycles. The van der Waals surface area contributed by atoms with Crippen LogP contribution in [0.25, 0.3) is 0 Å². The van der Waals surface area contributed by atoms with Crippen molar-refractivity contribution in [3.8, 4) is 5.75 Å². The lowest BCUT2D eigenvalue weighted by Gasteiger charge is -2.39. The first-order valence-electron chi connectivity index (χ1n) is 11.8. The summed E-state index contributed by atoms with van der Waals surface area (Å²) in [6.45, 7) is 2.91. The predicted molar refractivity (Wildman–Crippen MR) is 131 cm³/mol. The average molecular weight is 438 g/mol. The van der Waals surface area contributed by atoms with E-state index in [-0.39, 0.29) is 12.5 Å². The van der Waals surface area contributed by atoms with Gasteiger partial charge in [0.2, 0.25) is 0 Å².